The SMILES string of the molecule is CCCc1c(NN)ncnc1NC1(CO)CCCCC1. The molecule has 1 heterocycles. The summed E-state index contributed by atoms with van der Waals surface area (Å²) in [7, 11) is 0. The number of hydrazine groups is 1. The average Bonchev–Trinajstić information content (AvgIpc) is 2.50. The summed E-state index contributed by atoms with van der Waals surface area (Å²) in [6.07, 6.45) is 8.82. The van der Waals surface area contributed by atoms with Gasteiger partial charge in [-0.15, -0.1) is 0 Å². The van der Waals surface area contributed by atoms with E-state index in [2.05, 4.69) is 27.6 Å². The van der Waals surface area contributed by atoms with Crippen LogP contribution < -0.4 is 16.6 Å². The van der Waals surface area contributed by atoms with Gasteiger partial charge >= 0.3 is 0 Å². The van der Waals surface area contributed by atoms with E-state index in [1.807, 2.05) is 0 Å². The van der Waals surface area contributed by atoms with Gasteiger partial charge in [0.15, 0.2) is 0 Å². The topological polar surface area (TPSA) is 96.1 Å². The van der Waals surface area contributed by atoms with Crippen molar-refractivity contribution in [1.82, 2.24) is 9.97 Å². The number of rotatable bonds is 6. The molecule has 6 heteroatoms. The summed E-state index contributed by atoms with van der Waals surface area (Å²) < 4.78 is 0. The maximum absolute atomic E-state index is 9.80. The second-order valence-electron chi connectivity index (χ2n) is 5.57. The van der Waals surface area contributed by atoms with Gasteiger partial charge in [-0.25, -0.2) is 15.8 Å². The second-order valence-corrected chi connectivity index (χ2v) is 5.57. The molecule has 1 aromatic rings. The van der Waals surface area contributed by atoms with Crippen molar-refractivity contribution in [3.8, 4) is 0 Å². The number of nitrogens with zero attached hydrogens (tertiary/aromatic N) is 2. The first-order valence-corrected chi connectivity index (χ1v) is 7.44. The molecular weight excluding hydrogens is 254 g/mol. The Morgan fingerprint density at radius 3 is 2.55 bits per heavy atom. The Labute approximate surface area is 120 Å². The fourth-order valence-electron chi connectivity index (χ4n) is 2.93. The zero-order chi connectivity index (χ0) is 14.4. The van der Waals surface area contributed by atoms with Crippen LogP contribution in [0.25, 0.3) is 0 Å². The Hall–Kier alpha value is -1.40. The molecule has 0 amide bonds. The quantitative estimate of drug-likeness (QED) is 0.468. The van der Waals surface area contributed by atoms with Crippen molar-refractivity contribution in [2.45, 2.75) is 57.4 Å². The van der Waals surface area contributed by atoms with Gasteiger partial charge in [-0.2, -0.15) is 0 Å². The van der Waals surface area contributed by atoms with E-state index in [1.165, 1.54) is 12.7 Å². The summed E-state index contributed by atoms with van der Waals surface area (Å²) in [6, 6.07) is 0. The first-order chi connectivity index (χ1) is 9.74. The minimum absolute atomic E-state index is 0.133. The zero-order valence-corrected chi connectivity index (χ0v) is 12.2. The Balaban J connectivity index is 2.26. The van der Waals surface area contributed by atoms with Crippen molar-refractivity contribution in [3.05, 3.63) is 11.9 Å². The van der Waals surface area contributed by atoms with E-state index in [4.69, 9.17) is 5.84 Å². The molecule has 20 heavy (non-hydrogen) atoms. The van der Waals surface area contributed by atoms with Crippen LogP contribution in [0.2, 0.25) is 0 Å². The summed E-state index contributed by atoms with van der Waals surface area (Å²) >= 11 is 0. The number of aliphatic hydroxyl groups excluding tert-OH is 1. The smallest absolute Gasteiger partial charge is 0.148 e. The summed E-state index contributed by atoms with van der Waals surface area (Å²) in [5.74, 6) is 6.99. The third-order valence-electron chi connectivity index (χ3n) is 4.08. The molecule has 0 bridgehead atoms. The molecule has 1 aromatic heterocycles. The fourth-order valence-corrected chi connectivity index (χ4v) is 2.93. The van der Waals surface area contributed by atoms with E-state index in [0.29, 0.717) is 5.82 Å². The van der Waals surface area contributed by atoms with Gasteiger partial charge < -0.3 is 15.8 Å². The highest BCUT2D eigenvalue weighted by atomic mass is 16.3. The first kappa shape index (κ1) is 15.0. The predicted octanol–water partition coefficient (Wildman–Crippen LogP) is 1.82. The number of nitrogen functional groups attached to an aromatic ring is 1. The highest BCUT2D eigenvalue weighted by Gasteiger charge is 2.32. The number of aliphatic hydroxyl groups is 1. The van der Waals surface area contributed by atoms with Crippen LogP contribution >= 0.6 is 0 Å². The summed E-state index contributed by atoms with van der Waals surface area (Å²) in [4.78, 5) is 8.53. The van der Waals surface area contributed by atoms with Crippen LogP contribution in [0.15, 0.2) is 6.33 Å². The number of hydrogen-bond acceptors (Lipinski definition) is 6. The number of hydrogen-bond donors (Lipinski definition) is 4. The lowest BCUT2D eigenvalue weighted by Crippen LogP contribution is -2.44. The summed E-state index contributed by atoms with van der Waals surface area (Å²) in [5.41, 5.74) is 3.38. The predicted molar refractivity (Wildman–Crippen MR) is 80.4 cm³/mol. The van der Waals surface area contributed by atoms with Gasteiger partial charge in [-0.05, 0) is 19.3 Å². The molecule has 0 aromatic carbocycles. The van der Waals surface area contributed by atoms with Gasteiger partial charge in [0.2, 0.25) is 0 Å². The Morgan fingerprint density at radius 1 is 1.25 bits per heavy atom. The first-order valence-electron chi connectivity index (χ1n) is 7.44. The standard InChI is InChI=1S/C14H25N5O/c1-2-6-11-12(16-10-17-13(11)19-15)18-14(9-20)7-4-3-5-8-14/h10,20H,2-9,15H2,1H3,(H2,16,17,18,19). The zero-order valence-electron chi connectivity index (χ0n) is 12.2. The molecule has 5 N–H and O–H groups in total. The van der Waals surface area contributed by atoms with Crippen molar-refractivity contribution < 1.29 is 5.11 Å². The van der Waals surface area contributed by atoms with Gasteiger partial charge in [0, 0.05) is 5.56 Å². The largest absolute Gasteiger partial charge is 0.394 e. The Bertz CT molecular complexity index is 432. The van der Waals surface area contributed by atoms with Crippen molar-refractivity contribution in [2.75, 3.05) is 17.3 Å². The highest BCUT2D eigenvalue weighted by molar-refractivity contribution is 5.58. The Kier molecular flexibility index (Phi) is 5.14. The van der Waals surface area contributed by atoms with Crippen molar-refractivity contribution in [2.24, 2.45) is 5.84 Å². The van der Waals surface area contributed by atoms with Crippen LogP contribution in [0.3, 0.4) is 0 Å². The van der Waals surface area contributed by atoms with Gasteiger partial charge in [-0.1, -0.05) is 32.6 Å². The van der Waals surface area contributed by atoms with E-state index in [0.717, 1.165) is 49.9 Å². The van der Waals surface area contributed by atoms with Crippen LogP contribution in [-0.2, 0) is 6.42 Å². The molecule has 0 atom stereocenters. The van der Waals surface area contributed by atoms with Gasteiger partial charge in [-0.3, -0.25) is 0 Å². The molecular formula is C14H25N5O. The number of nitrogens with two attached hydrogens (primary N) is 1. The molecule has 0 spiro atoms. The normalized spacial score (nSPS) is 17.8. The van der Waals surface area contributed by atoms with Gasteiger partial charge in [0.1, 0.15) is 18.0 Å². The molecule has 6 nitrogen and oxygen atoms in total. The van der Waals surface area contributed by atoms with Crippen molar-refractivity contribution in [1.29, 1.82) is 0 Å². The molecule has 112 valence electrons. The van der Waals surface area contributed by atoms with Gasteiger partial charge in [0.25, 0.3) is 0 Å². The van der Waals surface area contributed by atoms with E-state index < -0.39 is 0 Å². The second kappa shape index (κ2) is 6.85. The number of aromatic nitrogens is 2. The third-order valence-corrected chi connectivity index (χ3v) is 4.08. The Morgan fingerprint density at radius 2 is 1.95 bits per heavy atom. The van der Waals surface area contributed by atoms with E-state index in [1.54, 1.807) is 0 Å². The van der Waals surface area contributed by atoms with Crippen LogP contribution in [0.1, 0.15) is 51.0 Å². The number of nitrogens with one attached hydrogen (secondary N) is 2. The molecule has 0 saturated heterocycles. The molecule has 1 fully saturated rings. The molecule has 1 aliphatic rings. The minimum Gasteiger partial charge on any atom is -0.394 e. The maximum atomic E-state index is 9.80. The maximum Gasteiger partial charge on any atom is 0.148 e. The van der Waals surface area contributed by atoms with Crippen LogP contribution in [0.5, 0.6) is 0 Å². The highest BCUT2D eigenvalue weighted by Crippen LogP contribution is 2.33. The minimum atomic E-state index is -0.249. The van der Waals surface area contributed by atoms with E-state index >= 15 is 0 Å². The molecule has 0 radical (unpaired) electrons. The summed E-state index contributed by atoms with van der Waals surface area (Å²) in [5, 5.41) is 13.3. The monoisotopic (exact) mass is 279 g/mol. The average molecular weight is 279 g/mol. The van der Waals surface area contributed by atoms with E-state index in [-0.39, 0.29) is 12.1 Å². The van der Waals surface area contributed by atoms with E-state index in [9.17, 15) is 5.11 Å². The van der Waals surface area contributed by atoms with Crippen LogP contribution in [0, 0.1) is 0 Å². The third kappa shape index (κ3) is 3.19. The van der Waals surface area contributed by atoms with Crippen LogP contribution in [0.4, 0.5) is 11.6 Å². The lowest BCUT2D eigenvalue weighted by Gasteiger charge is -2.37. The van der Waals surface area contributed by atoms with Crippen molar-refractivity contribution in [3.63, 3.8) is 0 Å². The van der Waals surface area contributed by atoms with Gasteiger partial charge in [0.05, 0.1) is 12.1 Å². The summed E-state index contributed by atoms with van der Waals surface area (Å²) in [6.45, 7) is 2.24. The molecule has 2 rings (SSSR count). The van der Waals surface area contributed by atoms with Crippen molar-refractivity contribution >= 4 is 11.6 Å². The van der Waals surface area contributed by atoms with Crippen LogP contribution in [-0.4, -0.2) is 27.2 Å². The lowest BCUT2D eigenvalue weighted by atomic mass is 9.82. The number of anilines is 2. The molecule has 0 unspecified atom stereocenters. The molecule has 0 aliphatic heterocycles. The molecule has 1 saturated carbocycles. The lowest BCUT2D eigenvalue weighted by molar-refractivity contribution is 0.172. The molecule has 1 aliphatic carbocycles. The fraction of sp³-hybridized carbons (Fsp3) is 0.714.